The molecule has 8 nitrogen and oxygen atoms in total. The van der Waals surface area contributed by atoms with Crippen molar-refractivity contribution in [2.75, 3.05) is 14.2 Å². The van der Waals surface area contributed by atoms with Gasteiger partial charge in [-0.3, -0.25) is 14.4 Å². The van der Waals surface area contributed by atoms with Gasteiger partial charge >= 0.3 is 5.97 Å². The number of carbonyl (C=O) groups is 3. The predicted molar refractivity (Wildman–Crippen MR) is 109 cm³/mol. The third-order valence-corrected chi connectivity index (χ3v) is 4.10. The maximum atomic E-state index is 12.3. The largest absolute Gasteiger partial charge is 0.504 e. The van der Waals surface area contributed by atoms with E-state index in [0.29, 0.717) is 11.1 Å². The summed E-state index contributed by atoms with van der Waals surface area (Å²) in [6, 6.07) is 8.62. The van der Waals surface area contributed by atoms with E-state index in [-0.39, 0.29) is 23.0 Å². The smallest absolute Gasteiger partial charge is 0.322 e. The van der Waals surface area contributed by atoms with Crippen LogP contribution in [0.3, 0.4) is 0 Å². The van der Waals surface area contributed by atoms with Crippen molar-refractivity contribution in [3.63, 3.8) is 0 Å². The Morgan fingerprint density at radius 2 is 1.20 bits per heavy atom. The topological polar surface area (TPSA) is 130 Å². The number of rotatable bonds is 9. The van der Waals surface area contributed by atoms with Gasteiger partial charge < -0.3 is 24.8 Å². The Bertz CT molecular complexity index is 944. The van der Waals surface area contributed by atoms with Crippen molar-refractivity contribution in [1.82, 2.24) is 0 Å². The lowest BCUT2D eigenvalue weighted by atomic mass is 9.97. The molecule has 0 atom stereocenters. The molecule has 0 radical (unpaired) electrons. The zero-order chi connectivity index (χ0) is 22.3. The second-order valence-corrected chi connectivity index (χ2v) is 6.11. The van der Waals surface area contributed by atoms with Gasteiger partial charge in [0.1, 0.15) is 0 Å². The van der Waals surface area contributed by atoms with Gasteiger partial charge in [-0.1, -0.05) is 24.3 Å². The Morgan fingerprint density at radius 3 is 1.53 bits per heavy atom. The van der Waals surface area contributed by atoms with Crippen molar-refractivity contribution in [3.8, 4) is 23.0 Å². The van der Waals surface area contributed by atoms with Crippen molar-refractivity contribution < 1.29 is 39.2 Å². The Balaban J connectivity index is 2.18. The van der Waals surface area contributed by atoms with Crippen molar-refractivity contribution in [2.24, 2.45) is 5.92 Å². The summed E-state index contributed by atoms with van der Waals surface area (Å²) in [7, 11) is 2.73. The van der Waals surface area contributed by atoms with Crippen LogP contribution in [-0.2, 0) is 14.4 Å². The molecular weight excluding hydrogens is 392 g/mol. The number of hydrogen-bond acceptors (Lipinski definition) is 7. The number of ether oxygens (including phenoxy) is 2. The number of aliphatic carboxylic acids is 1. The molecule has 0 saturated carbocycles. The fourth-order valence-electron chi connectivity index (χ4n) is 2.53. The number of hydrogen-bond donors (Lipinski definition) is 3. The third-order valence-electron chi connectivity index (χ3n) is 4.10. The standard InChI is InChI=1S/C22H20O8/c1-29-19-11-13(3-7-15(19)23)5-9-17(25)21(22(27)28)18(26)10-6-14-4-8-16(24)20(12-14)30-2/h3-12,21,23-24H,1-2H3,(H,27,28)/b9-5+,10-6+. The quantitative estimate of drug-likeness (QED) is 0.423. The van der Waals surface area contributed by atoms with Crippen molar-refractivity contribution in [1.29, 1.82) is 0 Å². The molecule has 2 aromatic carbocycles. The molecule has 0 saturated heterocycles. The summed E-state index contributed by atoms with van der Waals surface area (Å²) in [6.45, 7) is 0. The lowest BCUT2D eigenvalue weighted by Crippen LogP contribution is -2.29. The van der Waals surface area contributed by atoms with Crippen LogP contribution in [0.15, 0.2) is 48.6 Å². The van der Waals surface area contributed by atoms with Crippen LogP contribution in [-0.4, -0.2) is 47.1 Å². The van der Waals surface area contributed by atoms with Crippen LogP contribution >= 0.6 is 0 Å². The van der Waals surface area contributed by atoms with E-state index in [9.17, 15) is 29.7 Å². The molecule has 0 aromatic heterocycles. The molecule has 8 heteroatoms. The van der Waals surface area contributed by atoms with Crippen molar-refractivity contribution in [2.45, 2.75) is 0 Å². The first-order valence-corrected chi connectivity index (χ1v) is 8.67. The number of methoxy groups -OCH3 is 2. The van der Waals surface area contributed by atoms with E-state index >= 15 is 0 Å². The van der Waals surface area contributed by atoms with Gasteiger partial charge in [0.25, 0.3) is 0 Å². The van der Waals surface area contributed by atoms with Crippen LogP contribution in [0.5, 0.6) is 23.0 Å². The van der Waals surface area contributed by atoms with Crippen LogP contribution in [0.25, 0.3) is 12.2 Å². The normalized spacial score (nSPS) is 11.2. The molecule has 0 bridgehead atoms. The average Bonchev–Trinajstić information content (AvgIpc) is 2.72. The minimum atomic E-state index is -1.91. The summed E-state index contributed by atoms with van der Waals surface area (Å²) < 4.78 is 9.93. The Hall–Kier alpha value is -4.07. The number of phenols is 2. The fourth-order valence-corrected chi connectivity index (χ4v) is 2.53. The van der Waals surface area contributed by atoms with E-state index in [1.807, 2.05) is 0 Å². The maximum Gasteiger partial charge on any atom is 0.322 e. The van der Waals surface area contributed by atoms with Gasteiger partial charge in [0, 0.05) is 0 Å². The van der Waals surface area contributed by atoms with E-state index in [4.69, 9.17) is 9.47 Å². The molecule has 2 aromatic rings. The second kappa shape index (κ2) is 9.92. The van der Waals surface area contributed by atoms with Gasteiger partial charge in [-0.25, -0.2) is 0 Å². The number of ketones is 2. The van der Waals surface area contributed by atoms with Gasteiger partial charge in [0.05, 0.1) is 14.2 Å². The summed E-state index contributed by atoms with van der Waals surface area (Å²) in [6.07, 6.45) is 4.62. The molecule has 0 aliphatic heterocycles. The maximum absolute atomic E-state index is 12.3. The molecule has 156 valence electrons. The summed E-state index contributed by atoms with van der Waals surface area (Å²) in [4.78, 5) is 36.1. The summed E-state index contributed by atoms with van der Waals surface area (Å²) in [5.74, 6) is -5.11. The number of carbonyl (C=O) groups excluding carboxylic acids is 2. The third kappa shape index (κ3) is 5.48. The first kappa shape index (κ1) is 22.2. The number of allylic oxidation sites excluding steroid dienone is 2. The molecule has 30 heavy (non-hydrogen) atoms. The van der Waals surface area contributed by atoms with E-state index in [0.717, 1.165) is 12.2 Å². The van der Waals surface area contributed by atoms with Gasteiger partial charge in [0.15, 0.2) is 40.5 Å². The highest BCUT2D eigenvalue weighted by Gasteiger charge is 2.30. The highest BCUT2D eigenvalue weighted by atomic mass is 16.5. The van der Waals surface area contributed by atoms with Gasteiger partial charge in [-0.2, -0.15) is 0 Å². The monoisotopic (exact) mass is 412 g/mol. The molecule has 0 heterocycles. The molecular formula is C22H20O8. The lowest BCUT2D eigenvalue weighted by Gasteiger charge is -2.06. The van der Waals surface area contributed by atoms with Gasteiger partial charge in [-0.15, -0.1) is 0 Å². The number of benzene rings is 2. The molecule has 3 N–H and O–H groups in total. The molecule has 0 amide bonds. The summed E-state index contributed by atoms with van der Waals surface area (Å²) in [5.41, 5.74) is 0.947. The molecule has 0 spiro atoms. The summed E-state index contributed by atoms with van der Waals surface area (Å²) >= 11 is 0. The zero-order valence-corrected chi connectivity index (χ0v) is 16.2. The molecule has 0 aliphatic carbocycles. The van der Waals surface area contributed by atoms with Crippen LogP contribution < -0.4 is 9.47 Å². The van der Waals surface area contributed by atoms with Crippen LogP contribution in [0.4, 0.5) is 0 Å². The minimum Gasteiger partial charge on any atom is -0.504 e. The Morgan fingerprint density at radius 1 is 0.800 bits per heavy atom. The summed E-state index contributed by atoms with van der Waals surface area (Å²) in [5, 5.41) is 28.5. The predicted octanol–water partition coefficient (Wildman–Crippen LogP) is 2.68. The minimum absolute atomic E-state index is 0.0874. The van der Waals surface area contributed by atoms with Crippen LogP contribution in [0.2, 0.25) is 0 Å². The average molecular weight is 412 g/mol. The van der Waals surface area contributed by atoms with Crippen molar-refractivity contribution in [3.05, 3.63) is 59.7 Å². The molecule has 0 aliphatic rings. The SMILES string of the molecule is COc1cc(/C=C/C(=O)C(C(=O)O)C(=O)/C=C/c2ccc(O)c(OC)c2)ccc1O. The van der Waals surface area contributed by atoms with E-state index in [2.05, 4.69) is 0 Å². The van der Waals surface area contributed by atoms with E-state index in [1.165, 1.54) is 62.8 Å². The second-order valence-electron chi connectivity index (χ2n) is 6.11. The van der Waals surface area contributed by atoms with Crippen LogP contribution in [0.1, 0.15) is 11.1 Å². The Labute approximate surface area is 172 Å². The fraction of sp³-hybridized carbons (Fsp3) is 0.136. The van der Waals surface area contributed by atoms with E-state index < -0.39 is 23.5 Å². The number of carboxylic acids is 1. The van der Waals surface area contributed by atoms with Gasteiger partial charge in [0.2, 0.25) is 0 Å². The first-order valence-electron chi connectivity index (χ1n) is 8.67. The first-order chi connectivity index (χ1) is 14.3. The number of aromatic hydroxyl groups is 2. The number of phenolic OH excluding ortho intramolecular Hbond substituents is 2. The van der Waals surface area contributed by atoms with E-state index in [1.54, 1.807) is 0 Å². The zero-order valence-electron chi connectivity index (χ0n) is 16.2. The highest BCUT2D eigenvalue weighted by Crippen LogP contribution is 2.27. The molecule has 0 fully saturated rings. The Kier molecular flexibility index (Phi) is 7.35. The molecule has 2 rings (SSSR count). The number of carboxylic acid groups (broad SMARTS) is 1. The molecule has 0 unspecified atom stereocenters. The van der Waals surface area contributed by atoms with Crippen molar-refractivity contribution >= 4 is 29.7 Å². The highest BCUT2D eigenvalue weighted by molar-refractivity contribution is 6.24. The lowest BCUT2D eigenvalue weighted by molar-refractivity contribution is -0.148. The van der Waals surface area contributed by atoms with Crippen LogP contribution in [0, 0.1) is 5.92 Å². The van der Waals surface area contributed by atoms with Gasteiger partial charge in [-0.05, 0) is 47.5 Å².